The Labute approximate surface area is 103 Å². The van der Waals surface area contributed by atoms with Gasteiger partial charge in [0, 0.05) is 19.4 Å². The Kier molecular flexibility index (Phi) is 3.62. The molecule has 0 N–H and O–H groups in total. The Bertz CT molecular complexity index is 399. The second-order valence-corrected chi connectivity index (χ2v) is 4.61. The summed E-state index contributed by atoms with van der Waals surface area (Å²) < 4.78 is 0. The minimum absolute atomic E-state index is 0.158. The van der Waals surface area contributed by atoms with Crippen molar-refractivity contribution in [2.24, 2.45) is 5.92 Å². The molecule has 0 unspecified atom stereocenters. The number of benzene rings is 1. The maximum Gasteiger partial charge on any atom is 0.219 e. The normalized spacial score (nSPS) is 24.4. The van der Waals surface area contributed by atoms with Crippen molar-refractivity contribution in [3.8, 4) is 0 Å². The number of rotatable bonds is 2. The standard InChI is InChI=1S/C15H19NO/c1-3-13-10-7-11-16(12(2)17)15(13)14-8-5-4-6-9-14/h3-6,8-9,13,15H,1,7,10-11H2,2H3/t13-,15-/m0/s1. The molecule has 0 spiro atoms. The lowest BCUT2D eigenvalue weighted by molar-refractivity contribution is -0.133. The average Bonchev–Trinajstić information content (AvgIpc) is 2.38. The fraction of sp³-hybridized carbons (Fsp3) is 0.400. The van der Waals surface area contributed by atoms with Gasteiger partial charge in [-0.2, -0.15) is 0 Å². The van der Waals surface area contributed by atoms with E-state index in [0.29, 0.717) is 5.92 Å². The van der Waals surface area contributed by atoms with Gasteiger partial charge in [-0.3, -0.25) is 4.79 Å². The largest absolute Gasteiger partial charge is 0.335 e. The average molecular weight is 229 g/mol. The molecule has 1 aliphatic heterocycles. The molecule has 2 nitrogen and oxygen atoms in total. The molecule has 1 amide bonds. The zero-order valence-electron chi connectivity index (χ0n) is 10.3. The van der Waals surface area contributed by atoms with Gasteiger partial charge < -0.3 is 4.90 Å². The van der Waals surface area contributed by atoms with Crippen LogP contribution in [0.25, 0.3) is 0 Å². The molecular formula is C15H19NO. The quantitative estimate of drug-likeness (QED) is 0.713. The SMILES string of the molecule is C=C[C@H]1CCCN(C(C)=O)[C@@H]1c1ccccc1. The monoisotopic (exact) mass is 229 g/mol. The molecule has 0 radical (unpaired) electrons. The Balaban J connectivity index is 2.35. The number of carbonyl (C=O) groups excluding carboxylic acids is 1. The van der Waals surface area contributed by atoms with Gasteiger partial charge in [0.05, 0.1) is 6.04 Å². The summed E-state index contributed by atoms with van der Waals surface area (Å²) in [6, 6.07) is 10.4. The Morgan fingerprint density at radius 1 is 1.41 bits per heavy atom. The molecule has 1 fully saturated rings. The van der Waals surface area contributed by atoms with Crippen LogP contribution in [0.15, 0.2) is 43.0 Å². The first-order valence-corrected chi connectivity index (χ1v) is 6.18. The predicted molar refractivity (Wildman–Crippen MR) is 69.5 cm³/mol. The van der Waals surface area contributed by atoms with E-state index in [-0.39, 0.29) is 11.9 Å². The molecule has 17 heavy (non-hydrogen) atoms. The minimum Gasteiger partial charge on any atom is -0.335 e. The van der Waals surface area contributed by atoms with Gasteiger partial charge in [0.15, 0.2) is 0 Å². The molecule has 1 aromatic rings. The lowest BCUT2D eigenvalue weighted by Crippen LogP contribution is -2.41. The summed E-state index contributed by atoms with van der Waals surface area (Å²) in [5, 5.41) is 0. The zero-order chi connectivity index (χ0) is 12.3. The zero-order valence-corrected chi connectivity index (χ0v) is 10.3. The summed E-state index contributed by atoms with van der Waals surface area (Å²) >= 11 is 0. The molecule has 0 bridgehead atoms. The number of amides is 1. The Hall–Kier alpha value is -1.57. The van der Waals surface area contributed by atoms with Crippen LogP contribution >= 0.6 is 0 Å². The molecule has 0 saturated carbocycles. The first-order valence-electron chi connectivity index (χ1n) is 6.18. The van der Waals surface area contributed by atoms with Crippen LogP contribution in [0.4, 0.5) is 0 Å². The number of hydrogen-bond acceptors (Lipinski definition) is 1. The Morgan fingerprint density at radius 2 is 2.12 bits per heavy atom. The van der Waals surface area contributed by atoms with Crippen molar-refractivity contribution in [2.45, 2.75) is 25.8 Å². The van der Waals surface area contributed by atoms with Crippen molar-refractivity contribution >= 4 is 5.91 Å². The number of likely N-dealkylation sites (tertiary alicyclic amines) is 1. The summed E-state index contributed by atoms with van der Waals surface area (Å²) in [7, 11) is 0. The molecule has 2 atom stereocenters. The van der Waals surface area contributed by atoms with Crippen molar-refractivity contribution in [2.75, 3.05) is 6.54 Å². The molecule has 1 heterocycles. The van der Waals surface area contributed by atoms with E-state index in [1.165, 1.54) is 5.56 Å². The number of carbonyl (C=O) groups is 1. The molecule has 1 saturated heterocycles. The fourth-order valence-electron chi connectivity index (χ4n) is 2.70. The third kappa shape index (κ3) is 2.41. The smallest absolute Gasteiger partial charge is 0.219 e. The Morgan fingerprint density at radius 3 is 2.71 bits per heavy atom. The second kappa shape index (κ2) is 5.17. The van der Waals surface area contributed by atoms with E-state index in [4.69, 9.17) is 0 Å². The minimum atomic E-state index is 0.158. The fourth-order valence-corrected chi connectivity index (χ4v) is 2.70. The molecule has 1 aromatic carbocycles. The maximum atomic E-state index is 11.7. The summed E-state index contributed by atoms with van der Waals surface area (Å²) in [6.45, 7) is 6.43. The van der Waals surface area contributed by atoms with E-state index in [1.54, 1.807) is 6.92 Å². The van der Waals surface area contributed by atoms with Crippen LogP contribution in [-0.2, 0) is 4.79 Å². The summed E-state index contributed by atoms with van der Waals surface area (Å²) in [4.78, 5) is 13.7. The van der Waals surface area contributed by atoms with E-state index in [1.807, 2.05) is 29.2 Å². The lowest BCUT2D eigenvalue weighted by Gasteiger charge is -2.40. The van der Waals surface area contributed by atoms with Gasteiger partial charge in [0.2, 0.25) is 5.91 Å². The van der Waals surface area contributed by atoms with Crippen LogP contribution in [0.1, 0.15) is 31.4 Å². The summed E-state index contributed by atoms with van der Waals surface area (Å²) in [5.74, 6) is 0.528. The van der Waals surface area contributed by atoms with Crippen LogP contribution in [0.2, 0.25) is 0 Å². The highest BCUT2D eigenvalue weighted by atomic mass is 16.2. The van der Waals surface area contributed by atoms with Gasteiger partial charge in [-0.15, -0.1) is 6.58 Å². The van der Waals surface area contributed by atoms with Crippen LogP contribution in [-0.4, -0.2) is 17.4 Å². The van der Waals surface area contributed by atoms with Crippen molar-refractivity contribution in [1.82, 2.24) is 4.90 Å². The van der Waals surface area contributed by atoms with Crippen molar-refractivity contribution in [3.05, 3.63) is 48.6 Å². The number of nitrogens with zero attached hydrogens (tertiary/aromatic N) is 1. The topological polar surface area (TPSA) is 20.3 Å². The van der Waals surface area contributed by atoms with Crippen molar-refractivity contribution < 1.29 is 4.79 Å². The molecule has 2 heteroatoms. The van der Waals surface area contributed by atoms with Gasteiger partial charge in [0.1, 0.15) is 0 Å². The maximum absolute atomic E-state index is 11.7. The third-order valence-electron chi connectivity index (χ3n) is 3.53. The van der Waals surface area contributed by atoms with Crippen molar-refractivity contribution in [1.29, 1.82) is 0 Å². The summed E-state index contributed by atoms with van der Waals surface area (Å²) in [5.41, 5.74) is 1.22. The highest BCUT2D eigenvalue weighted by molar-refractivity contribution is 5.74. The van der Waals surface area contributed by atoms with Gasteiger partial charge in [0.25, 0.3) is 0 Å². The van der Waals surface area contributed by atoms with Crippen LogP contribution in [0, 0.1) is 5.92 Å². The molecule has 2 rings (SSSR count). The summed E-state index contributed by atoms with van der Waals surface area (Å²) in [6.07, 6.45) is 4.18. The van der Waals surface area contributed by atoms with Gasteiger partial charge in [-0.1, -0.05) is 36.4 Å². The van der Waals surface area contributed by atoms with E-state index >= 15 is 0 Å². The van der Waals surface area contributed by atoms with Crippen LogP contribution in [0.3, 0.4) is 0 Å². The van der Waals surface area contributed by atoms with Gasteiger partial charge >= 0.3 is 0 Å². The van der Waals surface area contributed by atoms with Crippen molar-refractivity contribution in [3.63, 3.8) is 0 Å². The predicted octanol–water partition coefficient (Wildman–Crippen LogP) is 3.17. The van der Waals surface area contributed by atoms with E-state index in [0.717, 1.165) is 19.4 Å². The first kappa shape index (κ1) is 11.9. The van der Waals surface area contributed by atoms with Gasteiger partial charge in [-0.05, 0) is 18.4 Å². The van der Waals surface area contributed by atoms with Crippen LogP contribution < -0.4 is 0 Å². The van der Waals surface area contributed by atoms with E-state index < -0.39 is 0 Å². The molecule has 90 valence electrons. The molecule has 0 aromatic heterocycles. The van der Waals surface area contributed by atoms with Gasteiger partial charge in [-0.25, -0.2) is 0 Å². The molecular weight excluding hydrogens is 210 g/mol. The van der Waals surface area contributed by atoms with E-state index in [9.17, 15) is 4.79 Å². The second-order valence-electron chi connectivity index (χ2n) is 4.61. The van der Waals surface area contributed by atoms with E-state index in [2.05, 4.69) is 18.7 Å². The highest BCUT2D eigenvalue weighted by Gasteiger charge is 2.32. The lowest BCUT2D eigenvalue weighted by atomic mass is 9.84. The highest BCUT2D eigenvalue weighted by Crippen LogP contribution is 2.36. The van der Waals surface area contributed by atoms with Crippen LogP contribution in [0.5, 0.6) is 0 Å². The molecule has 0 aliphatic carbocycles. The first-order chi connectivity index (χ1) is 8.24. The number of hydrogen-bond donors (Lipinski definition) is 0. The third-order valence-corrected chi connectivity index (χ3v) is 3.53. The number of piperidine rings is 1. The molecule has 1 aliphatic rings.